The van der Waals surface area contributed by atoms with Gasteiger partial charge in [0.2, 0.25) is 10.0 Å². The molecule has 2 aromatic carbocycles. The number of fused-ring (bicyclic) bond motifs is 1. The minimum Gasteiger partial charge on any atom is -0.390 e. The molecule has 3 aromatic rings. The summed E-state index contributed by atoms with van der Waals surface area (Å²) in [5.41, 5.74) is 0.911. The Morgan fingerprint density at radius 3 is 2.66 bits per heavy atom. The predicted molar refractivity (Wildman–Crippen MR) is 113 cm³/mol. The van der Waals surface area contributed by atoms with Crippen molar-refractivity contribution in [3.8, 4) is 0 Å². The molecule has 29 heavy (non-hydrogen) atoms. The maximum atomic E-state index is 14.7. The maximum absolute atomic E-state index is 14.7. The zero-order valence-electron chi connectivity index (χ0n) is 16.3. The summed E-state index contributed by atoms with van der Waals surface area (Å²) in [5, 5.41) is 18.4. The molecule has 0 fully saturated rings. The van der Waals surface area contributed by atoms with Gasteiger partial charge >= 0.3 is 0 Å². The third kappa shape index (κ3) is 5.26. The van der Waals surface area contributed by atoms with E-state index in [4.69, 9.17) is 11.6 Å². The van der Waals surface area contributed by atoms with Crippen LogP contribution >= 0.6 is 11.6 Å². The van der Waals surface area contributed by atoms with E-state index in [0.717, 1.165) is 6.26 Å². The van der Waals surface area contributed by atoms with Crippen molar-refractivity contribution >= 4 is 38.2 Å². The average Bonchev–Trinajstić information content (AvgIpc) is 2.99. The molecule has 0 aliphatic heterocycles. The Balaban J connectivity index is 2.12. The number of H-pyrrole nitrogens is 1. The highest BCUT2D eigenvalue weighted by molar-refractivity contribution is 7.92. The van der Waals surface area contributed by atoms with E-state index >= 15 is 0 Å². The summed E-state index contributed by atoms with van der Waals surface area (Å²) in [4.78, 5) is 0. The number of aromatic amines is 1. The third-order valence-corrected chi connectivity index (χ3v) is 5.47. The highest BCUT2D eigenvalue weighted by Gasteiger charge is 2.26. The molecule has 9 heteroatoms. The van der Waals surface area contributed by atoms with E-state index in [-0.39, 0.29) is 0 Å². The summed E-state index contributed by atoms with van der Waals surface area (Å²) in [6.07, 6.45) is 1.93. The number of rotatable bonds is 7. The van der Waals surface area contributed by atoms with E-state index in [1.165, 1.54) is 6.07 Å². The van der Waals surface area contributed by atoms with Crippen molar-refractivity contribution in [1.29, 1.82) is 0 Å². The highest BCUT2D eigenvalue weighted by Crippen LogP contribution is 2.37. The van der Waals surface area contributed by atoms with Crippen molar-refractivity contribution in [3.05, 3.63) is 58.5 Å². The maximum Gasteiger partial charge on any atom is 0.229 e. The predicted octanol–water partition coefficient (Wildman–Crippen LogP) is 4.41. The smallest absolute Gasteiger partial charge is 0.229 e. The molecule has 0 bridgehead atoms. The minimum absolute atomic E-state index is 0.293. The lowest BCUT2D eigenvalue weighted by Gasteiger charge is -2.23. The Hall–Kier alpha value is -2.16. The molecule has 3 rings (SSSR count). The number of aromatic nitrogens is 2. The molecule has 0 radical (unpaired) electrons. The number of para-hydroxylation sites is 1. The van der Waals surface area contributed by atoms with Crippen LogP contribution in [-0.2, 0) is 10.0 Å². The molecular weight excluding hydrogens is 417 g/mol. The molecule has 1 heterocycles. The second-order valence-electron chi connectivity index (χ2n) is 7.78. The van der Waals surface area contributed by atoms with Gasteiger partial charge in [0.05, 0.1) is 23.2 Å². The SMILES string of the molecule is CC(C)(O)CCC(c1ccc(Cl)cc1F)c1[nH]nc2c(NS(C)(=O)=O)cccc12. The fraction of sp³-hybridized carbons (Fsp3) is 0.350. The van der Waals surface area contributed by atoms with E-state index in [1.807, 2.05) is 0 Å². The Bertz CT molecular complexity index is 1140. The zero-order chi connectivity index (χ0) is 21.4. The number of benzene rings is 2. The zero-order valence-corrected chi connectivity index (χ0v) is 17.9. The van der Waals surface area contributed by atoms with Gasteiger partial charge in [-0.3, -0.25) is 9.82 Å². The number of hydrogen-bond donors (Lipinski definition) is 3. The average molecular weight is 440 g/mol. The van der Waals surface area contributed by atoms with Gasteiger partial charge in [0.1, 0.15) is 11.3 Å². The molecule has 0 aliphatic carbocycles. The monoisotopic (exact) mass is 439 g/mol. The molecule has 1 atom stereocenters. The van der Waals surface area contributed by atoms with Gasteiger partial charge in [-0.05, 0) is 50.5 Å². The van der Waals surface area contributed by atoms with Crippen molar-refractivity contribution in [3.63, 3.8) is 0 Å². The van der Waals surface area contributed by atoms with Crippen LogP contribution in [0.3, 0.4) is 0 Å². The topological polar surface area (TPSA) is 95.1 Å². The van der Waals surface area contributed by atoms with Crippen LogP contribution in [0, 0.1) is 5.82 Å². The van der Waals surface area contributed by atoms with Crippen LogP contribution in [0.4, 0.5) is 10.1 Å². The number of nitrogens with one attached hydrogen (secondary N) is 2. The first kappa shape index (κ1) is 21.5. The first-order valence-corrected chi connectivity index (χ1v) is 11.3. The standard InChI is InChI=1S/C20H23ClFN3O3S/c1-20(2,26)10-9-14(13-8-7-12(21)11-16(13)22)18-15-5-4-6-17(19(15)24-23-18)25-29(3,27)28/h4-8,11,14,25-26H,9-10H2,1-3H3,(H,23,24). The number of anilines is 1. The van der Waals surface area contributed by atoms with E-state index in [2.05, 4.69) is 14.9 Å². The van der Waals surface area contributed by atoms with Gasteiger partial charge in [-0.15, -0.1) is 0 Å². The Morgan fingerprint density at radius 1 is 1.31 bits per heavy atom. The fourth-order valence-electron chi connectivity index (χ4n) is 3.34. The van der Waals surface area contributed by atoms with E-state index < -0.39 is 27.4 Å². The number of sulfonamides is 1. The van der Waals surface area contributed by atoms with Crippen LogP contribution in [0.25, 0.3) is 10.9 Å². The van der Waals surface area contributed by atoms with Gasteiger partial charge in [-0.2, -0.15) is 5.10 Å². The molecular formula is C20H23ClFN3O3S. The minimum atomic E-state index is -3.48. The molecule has 1 aromatic heterocycles. The first-order valence-electron chi connectivity index (χ1n) is 9.07. The van der Waals surface area contributed by atoms with Gasteiger partial charge in [-0.25, -0.2) is 12.8 Å². The van der Waals surface area contributed by atoms with Crippen molar-refractivity contribution in [2.24, 2.45) is 0 Å². The van der Waals surface area contributed by atoms with Crippen LogP contribution in [-0.4, -0.2) is 35.6 Å². The first-order chi connectivity index (χ1) is 13.4. The van der Waals surface area contributed by atoms with E-state index in [9.17, 15) is 17.9 Å². The number of nitrogens with zero attached hydrogens (tertiary/aromatic N) is 1. The lowest BCUT2D eigenvalue weighted by Crippen LogP contribution is -2.20. The summed E-state index contributed by atoms with van der Waals surface area (Å²) >= 11 is 5.91. The van der Waals surface area contributed by atoms with Gasteiger partial charge < -0.3 is 5.11 Å². The molecule has 6 nitrogen and oxygen atoms in total. The van der Waals surface area contributed by atoms with Crippen LogP contribution < -0.4 is 4.72 Å². The van der Waals surface area contributed by atoms with Crippen molar-refractivity contribution in [1.82, 2.24) is 10.2 Å². The van der Waals surface area contributed by atoms with Crippen LogP contribution in [0.2, 0.25) is 5.02 Å². The molecule has 0 aliphatic rings. The largest absolute Gasteiger partial charge is 0.390 e. The number of aliphatic hydroxyl groups is 1. The molecule has 3 N–H and O–H groups in total. The van der Waals surface area contributed by atoms with Crippen LogP contribution in [0.1, 0.15) is 43.9 Å². The Morgan fingerprint density at radius 2 is 2.03 bits per heavy atom. The van der Waals surface area contributed by atoms with Crippen molar-refractivity contribution in [2.75, 3.05) is 11.0 Å². The van der Waals surface area contributed by atoms with E-state index in [0.29, 0.717) is 45.7 Å². The third-order valence-electron chi connectivity index (χ3n) is 4.64. The molecule has 0 spiro atoms. The second-order valence-corrected chi connectivity index (χ2v) is 9.97. The molecule has 0 amide bonds. The lowest BCUT2D eigenvalue weighted by molar-refractivity contribution is 0.0674. The number of hydrogen-bond acceptors (Lipinski definition) is 4. The quantitative estimate of drug-likeness (QED) is 0.508. The normalized spacial score (nSPS) is 13.6. The lowest BCUT2D eigenvalue weighted by atomic mass is 9.86. The summed E-state index contributed by atoms with van der Waals surface area (Å²) in [7, 11) is -3.48. The molecule has 0 saturated heterocycles. The fourth-order valence-corrected chi connectivity index (χ4v) is 4.07. The van der Waals surface area contributed by atoms with Crippen molar-refractivity contribution < 1.29 is 17.9 Å². The van der Waals surface area contributed by atoms with E-state index in [1.54, 1.807) is 44.2 Å². The summed E-state index contributed by atoms with van der Waals surface area (Å²) in [6.45, 7) is 3.39. The highest BCUT2D eigenvalue weighted by atomic mass is 35.5. The van der Waals surface area contributed by atoms with Crippen LogP contribution in [0.15, 0.2) is 36.4 Å². The summed E-state index contributed by atoms with van der Waals surface area (Å²) in [5.74, 6) is -0.886. The Labute approximate surface area is 174 Å². The molecule has 156 valence electrons. The van der Waals surface area contributed by atoms with Gasteiger partial charge in [0.25, 0.3) is 0 Å². The molecule has 0 saturated carbocycles. The number of halogens is 2. The van der Waals surface area contributed by atoms with Gasteiger partial charge in [0, 0.05) is 16.3 Å². The molecule has 1 unspecified atom stereocenters. The van der Waals surface area contributed by atoms with Gasteiger partial charge in [-0.1, -0.05) is 29.8 Å². The van der Waals surface area contributed by atoms with Gasteiger partial charge in [0.15, 0.2) is 0 Å². The Kier molecular flexibility index (Phi) is 5.89. The summed E-state index contributed by atoms with van der Waals surface area (Å²) < 4.78 is 40.5. The second kappa shape index (κ2) is 7.93. The van der Waals surface area contributed by atoms with Crippen LogP contribution in [0.5, 0.6) is 0 Å². The summed E-state index contributed by atoms with van der Waals surface area (Å²) in [6, 6.07) is 9.61. The van der Waals surface area contributed by atoms with Crippen molar-refractivity contribution in [2.45, 2.75) is 38.2 Å².